The number of nitrogens with zero attached hydrogens (tertiary/aromatic N) is 3. The monoisotopic (exact) mass is 409 g/mol. The first kappa shape index (κ1) is 21.6. The number of pyridine rings is 1. The quantitative estimate of drug-likeness (QED) is 0.397. The van der Waals surface area contributed by atoms with Crippen molar-refractivity contribution in [2.75, 3.05) is 38.3 Å². The van der Waals surface area contributed by atoms with Crippen LogP contribution in [0.1, 0.15) is 18.1 Å². The molecule has 1 aromatic heterocycles. The largest absolute Gasteiger partial charge is 0.489 e. The Hall–Kier alpha value is -3.06. The average molecular weight is 410 g/mol. The number of para-hydroxylation sites is 1. The van der Waals surface area contributed by atoms with E-state index in [9.17, 15) is 0 Å². The van der Waals surface area contributed by atoms with Gasteiger partial charge in [0.2, 0.25) is 0 Å². The molecule has 0 saturated carbocycles. The third kappa shape index (κ3) is 6.22. The van der Waals surface area contributed by atoms with E-state index in [-0.39, 0.29) is 6.10 Å². The molecule has 1 aliphatic heterocycles. The SMILES string of the molecule is C=CCOc1ccccc1CNC(=NC)NCc1ccc(N2CCOC(C)C2)nc1. The molecule has 1 atom stereocenters. The third-order valence-electron chi connectivity index (χ3n) is 4.83. The Morgan fingerprint density at radius 1 is 1.30 bits per heavy atom. The molecule has 0 aliphatic carbocycles. The third-order valence-corrected chi connectivity index (χ3v) is 4.83. The first-order valence-electron chi connectivity index (χ1n) is 10.3. The average Bonchev–Trinajstić information content (AvgIpc) is 2.79. The van der Waals surface area contributed by atoms with E-state index in [1.807, 2.05) is 30.5 Å². The van der Waals surface area contributed by atoms with E-state index in [1.54, 1.807) is 13.1 Å². The van der Waals surface area contributed by atoms with E-state index in [2.05, 4.69) is 51.1 Å². The molecule has 0 spiro atoms. The lowest BCUT2D eigenvalue weighted by molar-refractivity contribution is 0.0529. The van der Waals surface area contributed by atoms with Gasteiger partial charge in [-0.25, -0.2) is 4.98 Å². The summed E-state index contributed by atoms with van der Waals surface area (Å²) in [7, 11) is 1.76. The van der Waals surface area contributed by atoms with Crippen molar-refractivity contribution in [3.05, 3.63) is 66.4 Å². The fourth-order valence-corrected chi connectivity index (χ4v) is 3.26. The van der Waals surface area contributed by atoms with Gasteiger partial charge in [0.05, 0.1) is 12.7 Å². The van der Waals surface area contributed by atoms with Crippen molar-refractivity contribution in [2.24, 2.45) is 4.99 Å². The van der Waals surface area contributed by atoms with Crippen LogP contribution in [-0.2, 0) is 17.8 Å². The molecule has 30 heavy (non-hydrogen) atoms. The lowest BCUT2D eigenvalue weighted by Gasteiger charge is -2.32. The standard InChI is InChI=1S/C23H31N5O2/c1-4-12-30-21-8-6-5-7-20(21)16-27-23(24-3)26-15-19-9-10-22(25-14-19)28-11-13-29-18(2)17-28/h4-10,14,18H,1,11-13,15-17H2,2-3H3,(H2,24,26,27). The normalized spacial score (nSPS) is 16.8. The summed E-state index contributed by atoms with van der Waals surface area (Å²) < 4.78 is 11.3. The molecule has 1 saturated heterocycles. The maximum Gasteiger partial charge on any atom is 0.191 e. The van der Waals surface area contributed by atoms with Gasteiger partial charge in [-0.3, -0.25) is 4.99 Å². The number of benzene rings is 1. The van der Waals surface area contributed by atoms with Crippen molar-refractivity contribution >= 4 is 11.8 Å². The molecule has 7 nitrogen and oxygen atoms in total. The molecule has 2 heterocycles. The first-order chi connectivity index (χ1) is 14.7. The van der Waals surface area contributed by atoms with Crippen LogP contribution in [0, 0.1) is 0 Å². The van der Waals surface area contributed by atoms with Crippen LogP contribution < -0.4 is 20.3 Å². The highest BCUT2D eigenvalue weighted by atomic mass is 16.5. The Morgan fingerprint density at radius 2 is 2.13 bits per heavy atom. The van der Waals surface area contributed by atoms with Crippen molar-refractivity contribution < 1.29 is 9.47 Å². The zero-order valence-electron chi connectivity index (χ0n) is 17.8. The predicted octanol–water partition coefficient (Wildman–Crippen LogP) is 2.74. The highest BCUT2D eigenvalue weighted by Crippen LogP contribution is 2.18. The van der Waals surface area contributed by atoms with Crippen molar-refractivity contribution in [2.45, 2.75) is 26.1 Å². The van der Waals surface area contributed by atoms with Crippen LogP contribution >= 0.6 is 0 Å². The number of hydrogen-bond acceptors (Lipinski definition) is 5. The van der Waals surface area contributed by atoms with E-state index < -0.39 is 0 Å². The highest BCUT2D eigenvalue weighted by molar-refractivity contribution is 5.79. The molecule has 1 unspecified atom stereocenters. The maximum atomic E-state index is 5.71. The second-order valence-corrected chi connectivity index (χ2v) is 7.14. The van der Waals surface area contributed by atoms with Gasteiger partial charge in [0.15, 0.2) is 5.96 Å². The molecule has 1 aliphatic rings. The van der Waals surface area contributed by atoms with Gasteiger partial charge in [0, 0.05) is 45.0 Å². The Kier molecular flexibility index (Phi) is 8.09. The van der Waals surface area contributed by atoms with Crippen LogP contribution in [0.25, 0.3) is 0 Å². The smallest absolute Gasteiger partial charge is 0.191 e. The molecule has 3 rings (SSSR count). The van der Waals surface area contributed by atoms with E-state index in [4.69, 9.17) is 9.47 Å². The Morgan fingerprint density at radius 3 is 2.87 bits per heavy atom. The van der Waals surface area contributed by atoms with Gasteiger partial charge in [-0.1, -0.05) is 36.9 Å². The zero-order valence-corrected chi connectivity index (χ0v) is 17.8. The van der Waals surface area contributed by atoms with Gasteiger partial charge in [0.1, 0.15) is 18.2 Å². The number of rotatable bonds is 8. The predicted molar refractivity (Wildman–Crippen MR) is 121 cm³/mol. The molecule has 160 valence electrons. The number of nitrogens with one attached hydrogen (secondary N) is 2. The summed E-state index contributed by atoms with van der Waals surface area (Å²) in [6.07, 6.45) is 3.89. The van der Waals surface area contributed by atoms with E-state index in [0.29, 0.717) is 19.7 Å². The molecule has 0 radical (unpaired) electrons. The van der Waals surface area contributed by atoms with Gasteiger partial charge < -0.3 is 25.0 Å². The molecule has 0 amide bonds. The van der Waals surface area contributed by atoms with Crippen molar-refractivity contribution in [1.29, 1.82) is 0 Å². The van der Waals surface area contributed by atoms with Gasteiger partial charge in [-0.2, -0.15) is 0 Å². The second-order valence-electron chi connectivity index (χ2n) is 7.14. The summed E-state index contributed by atoms with van der Waals surface area (Å²) in [6, 6.07) is 12.1. The Labute approximate surface area is 178 Å². The Balaban J connectivity index is 1.50. The first-order valence-corrected chi connectivity index (χ1v) is 10.3. The molecule has 0 bridgehead atoms. The van der Waals surface area contributed by atoms with E-state index in [0.717, 1.165) is 48.4 Å². The van der Waals surface area contributed by atoms with Crippen molar-refractivity contribution in [3.63, 3.8) is 0 Å². The second kappa shape index (κ2) is 11.2. The number of ether oxygens (including phenoxy) is 2. The summed E-state index contributed by atoms with van der Waals surface area (Å²) >= 11 is 0. The summed E-state index contributed by atoms with van der Waals surface area (Å²) in [6.45, 7) is 10.0. The molecule has 1 fully saturated rings. The number of hydrogen-bond donors (Lipinski definition) is 2. The van der Waals surface area contributed by atoms with Crippen LogP contribution in [-0.4, -0.2) is 50.4 Å². The summed E-state index contributed by atoms with van der Waals surface area (Å²) in [5.41, 5.74) is 2.16. The van der Waals surface area contributed by atoms with E-state index >= 15 is 0 Å². The maximum absolute atomic E-state index is 5.71. The van der Waals surface area contributed by atoms with Gasteiger partial charge >= 0.3 is 0 Å². The lowest BCUT2D eigenvalue weighted by Crippen LogP contribution is -2.41. The molecule has 7 heteroatoms. The van der Waals surface area contributed by atoms with Gasteiger partial charge in [-0.05, 0) is 24.6 Å². The Bertz CT molecular complexity index is 838. The molecule has 1 aromatic carbocycles. The summed E-state index contributed by atoms with van der Waals surface area (Å²) in [5, 5.41) is 6.66. The molecular formula is C23H31N5O2. The number of anilines is 1. The summed E-state index contributed by atoms with van der Waals surface area (Å²) in [5.74, 6) is 2.56. The van der Waals surface area contributed by atoms with Gasteiger partial charge in [0.25, 0.3) is 0 Å². The van der Waals surface area contributed by atoms with Crippen LogP contribution in [0.5, 0.6) is 5.75 Å². The van der Waals surface area contributed by atoms with E-state index in [1.165, 1.54) is 0 Å². The fourth-order valence-electron chi connectivity index (χ4n) is 3.26. The molecular weight excluding hydrogens is 378 g/mol. The van der Waals surface area contributed by atoms with Crippen LogP contribution in [0.3, 0.4) is 0 Å². The fraction of sp³-hybridized carbons (Fsp3) is 0.391. The molecule has 2 N–H and O–H groups in total. The van der Waals surface area contributed by atoms with Crippen molar-refractivity contribution in [1.82, 2.24) is 15.6 Å². The van der Waals surface area contributed by atoms with Crippen LogP contribution in [0.4, 0.5) is 5.82 Å². The number of guanidine groups is 1. The summed E-state index contributed by atoms with van der Waals surface area (Å²) in [4.78, 5) is 11.2. The molecule has 2 aromatic rings. The highest BCUT2D eigenvalue weighted by Gasteiger charge is 2.17. The minimum absolute atomic E-state index is 0.239. The van der Waals surface area contributed by atoms with Gasteiger partial charge in [-0.15, -0.1) is 0 Å². The lowest BCUT2D eigenvalue weighted by atomic mass is 10.2. The number of morpholine rings is 1. The minimum atomic E-state index is 0.239. The number of aromatic nitrogens is 1. The topological polar surface area (TPSA) is 71.0 Å². The number of aliphatic imine (C=N–C) groups is 1. The minimum Gasteiger partial charge on any atom is -0.489 e. The van der Waals surface area contributed by atoms with Crippen LogP contribution in [0.2, 0.25) is 0 Å². The van der Waals surface area contributed by atoms with Crippen LogP contribution in [0.15, 0.2) is 60.2 Å². The zero-order chi connectivity index (χ0) is 21.2. The van der Waals surface area contributed by atoms with Crippen molar-refractivity contribution in [3.8, 4) is 5.75 Å².